The van der Waals surface area contributed by atoms with Gasteiger partial charge in [0, 0.05) is 4.47 Å². The van der Waals surface area contributed by atoms with Crippen LogP contribution in [0.1, 0.15) is 37.3 Å². The third-order valence-electron chi connectivity index (χ3n) is 2.46. The molecular formula is C11H15BrO. The molecule has 0 aliphatic heterocycles. The van der Waals surface area contributed by atoms with E-state index in [4.69, 9.17) is 0 Å². The van der Waals surface area contributed by atoms with Gasteiger partial charge in [0.1, 0.15) is 5.75 Å². The van der Waals surface area contributed by atoms with Gasteiger partial charge >= 0.3 is 0 Å². The van der Waals surface area contributed by atoms with Gasteiger partial charge in [0.05, 0.1) is 0 Å². The lowest BCUT2D eigenvalue weighted by Gasteiger charge is -2.12. The van der Waals surface area contributed by atoms with Crippen LogP contribution < -0.4 is 0 Å². The van der Waals surface area contributed by atoms with E-state index in [9.17, 15) is 5.11 Å². The molecule has 2 heteroatoms. The summed E-state index contributed by atoms with van der Waals surface area (Å²) in [6.45, 7) is 6.21. The topological polar surface area (TPSA) is 20.2 Å². The molecule has 1 atom stereocenters. The normalized spacial score (nSPS) is 12.9. The highest BCUT2D eigenvalue weighted by molar-refractivity contribution is 9.10. The highest BCUT2D eigenvalue weighted by atomic mass is 79.9. The zero-order valence-corrected chi connectivity index (χ0v) is 9.85. The second-order valence-electron chi connectivity index (χ2n) is 3.47. The molecule has 0 fully saturated rings. The fraction of sp³-hybridized carbons (Fsp3) is 0.455. The molecule has 0 aromatic heterocycles. The number of aromatic hydroxyl groups is 1. The number of hydrogen-bond acceptors (Lipinski definition) is 1. The Morgan fingerprint density at radius 2 is 2.08 bits per heavy atom. The molecule has 72 valence electrons. The van der Waals surface area contributed by atoms with Crippen LogP contribution in [0, 0.1) is 6.92 Å². The van der Waals surface area contributed by atoms with Crippen LogP contribution >= 0.6 is 15.9 Å². The molecule has 0 aliphatic carbocycles. The lowest BCUT2D eigenvalue weighted by atomic mass is 9.97. The van der Waals surface area contributed by atoms with Gasteiger partial charge in [-0.25, -0.2) is 0 Å². The van der Waals surface area contributed by atoms with E-state index in [-0.39, 0.29) is 0 Å². The van der Waals surface area contributed by atoms with Gasteiger partial charge in [-0.2, -0.15) is 0 Å². The number of benzene rings is 1. The second kappa shape index (κ2) is 4.14. The molecule has 1 rings (SSSR count). The average molecular weight is 243 g/mol. The molecule has 1 aromatic rings. The molecule has 0 amide bonds. The Bertz CT molecular complexity index is 307. The Balaban J connectivity index is 3.15. The van der Waals surface area contributed by atoms with Crippen LogP contribution in [0.5, 0.6) is 5.75 Å². The first kappa shape index (κ1) is 10.6. The van der Waals surface area contributed by atoms with Gasteiger partial charge in [-0.3, -0.25) is 0 Å². The van der Waals surface area contributed by atoms with E-state index < -0.39 is 0 Å². The molecule has 0 bridgehead atoms. The maximum atomic E-state index is 9.55. The Hall–Kier alpha value is -0.500. The average Bonchev–Trinajstić information content (AvgIpc) is 2.10. The van der Waals surface area contributed by atoms with Gasteiger partial charge in [-0.1, -0.05) is 29.8 Å². The van der Waals surface area contributed by atoms with Crippen molar-refractivity contribution in [3.8, 4) is 5.75 Å². The summed E-state index contributed by atoms with van der Waals surface area (Å²) in [7, 11) is 0. The van der Waals surface area contributed by atoms with Crippen molar-refractivity contribution in [2.75, 3.05) is 0 Å². The molecule has 0 spiro atoms. The van der Waals surface area contributed by atoms with Gasteiger partial charge in [0.15, 0.2) is 0 Å². The van der Waals surface area contributed by atoms with Crippen molar-refractivity contribution in [2.24, 2.45) is 0 Å². The smallest absolute Gasteiger partial charge is 0.118 e. The summed E-state index contributed by atoms with van der Waals surface area (Å²) in [5, 5.41) is 9.55. The summed E-state index contributed by atoms with van der Waals surface area (Å²) in [5.41, 5.74) is 2.10. The van der Waals surface area contributed by atoms with Crippen molar-refractivity contribution < 1.29 is 5.11 Å². The van der Waals surface area contributed by atoms with E-state index in [1.807, 2.05) is 19.1 Å². The van der Waals surface area contributed by atoms with Crippen molar-refractivity contribution in [1.29, 1.82) is 0 Å². The summed E-state index contributed by atoms with van der Waals surface area (Å²) < 4.78 is 1.09. The Labute approximate surface area is 87.9 Å². The Morgan fingerprint density at radius 1 is 1.46 bits per heavy atom. The molecule has 1 nitrogen and oxygen atoms in total. The van der Waals surface area contributed by atoms with E-state index in [0.29, 0.717) is 11.7 Å². The highest BCUT2D eigenvalue weighted by Crippen LogP contribution is 2.32. The number of halogens is 1. The maximum Gasteiger partial charge on any atom is 0.118 e. The van der Waals surface area contributed by atoms with Gasteiger partial charge in [0.25, 0.3) is 0 Å². The van der Waals surface area contributed by atoms with Crippen LogP contribution in [0.3, 0.4) is 0 Å². The standard InChI is InChI=1S/C11H15BrO/c1-4-7(2)9-6-11(13)8(3)5-10(9)12/h5-7,13H,4H2,1-3H3. The molecule has 1 aromatic carbocycles. The zero-order chi connectivity index (χ0) is 10.0. The fourth-order valence-electron chi connectivity index (χ4n) is 1.27. The largest absolute Gasteiger partial charge is 0.508 e. The van der Waals surface area contributed by atoms with Gasteiger partial charge in [0.2, 0.25) is 0 Å². The molecule has 0 radical (unpaired) electrons. The summed E-state index contributed by atoms with van der Waals surface area (Å²) in [4.78, 5) is 0. The first-order valence-corrected chi connectivity index (χ1v) is 5.34. The minimum atomic E-state index is 0.388. The van der Waals surface area contributed by atoms with Crippen molar-refractivity contribution in [3.05, 3.63) is 27.7 Å². The number of rotatable bonds is 2. The van der Waals surface area contributed by atoms with E-state index in [0.717, 1.165) is 16.5 Å². The van der Waals surface area contributed by atoms with Crippen LogP contribution in [-0.4, -0.2) is 5.11 Å². The van der Waals surface area contributed by atoms with Crippen molar-refractivity contribution in [1.82, 2.24) is 0 Å². The van der Waals surface area contributed by atoms with Crippen molar-refractivity contribution >= 4 is 15.9 Å². The minimum absolute atomic E-state index is 0.388. The number of aryl methyl sites for hydroxylation is 1. The third-order valence-corrected chi connectivity index (χ3v) is 3.15. The van der Waals surface area contributed by atoms with Crippen LogP contribution in [0.15, 0.2) is 16.6 Å². The second-order valence-corrected chi connectivity index (χ2v) is 4.32. The summed E-state index contributed by atoms with van der Waals surface area (Å²) in [5.74, 6) is 0.874. The number of phenols is 1. The van der Waals surface area contributed by atoms with Crippen LogP contribution in [0.2, 0.25) is 0 Å². The Kier molecular flexibility index (Phi) is 3.37. The summed E-state index contributed by atoms with van der Waals surface area (Å²) >= 11 is 3.51. The predicted octanol–water partition coefficient (Wildman–Crippen LogP) is 3.98. The predicted molar refractivity (Wildman–Crippen MR) is 59.2 cm³/mol. The lowest BCUT2D eigenvalue weighted by Crippen LogP contribution is -1.93. The first-order valence-electron chi connectivity index (χ1n) is 4.55. The lowest BCUT2D eigenvalue weighted by molar-refractivity contribution is 0.469. The van der Waals surface area contributed by atoms with E-state index >= 15 is 0 Å². The van der Waals surface area contributed by atoms with Crippen LogP contribution in [0.25, 0.3) is 0 Å². The van der Waals surface area contributed by atoms with Crippen LogP contribution in [-0.2, 0) is 0 Å². The zero-order valence-electron chi connectivity index (χ0n) is 8.26. The molecule has 0 heterocycles. The molecule has 1 unspecified atom stereocenters. The first-order chi connectivity index (χ1) is 6.06. The van der Waals surface area contributed by atoms with Gasteiger partial charge < -0.3 is 5.11 Å². The quantitative estimate of drug-likeness (QED) is 0.832. The summed E-state index contributed by atoms with van der Waals surface area (Å²) in [6.07, 6.45) is 1.08. The number of phenolic OH excluding ortho intramolecular Hbond substituents is 1. The van der Waals surface area contributed by atoms with Gasteiger partial charge in [-0.15, -0.1) is 0 Å². The highest BCUT2D eigenvalue weighted by Gasteiger charge is 2.09. The molecule has 0 saturated heterocycles. The van der Waals surface area contributed by atoms with Crippen LogP contribution in [0.4, 0.5) is 0 Å². The molecule has 0 aliphatic rings. The maximum absolute atomic E-state index is 9.55. The van der Waals surface area contributed by atoms with Crippen molar-refractivity contribution in [3.63, 3.8) is 0 Å². The number of hydrogen-bond donors (Lipinski definition) is 1. The van der Waals surface area contributed by atoms with E-state index in [1.165, 1.54) is 5.56 Å². The van der Waals surface area contributed by atoms with E-state index in [2.05, 4.69) is 29.8 Å². The van der Waals surface area contributed by atoms with E-state index in [1.54, 1.807) is 0 Å². The molecule has 1 N–H and O–H groups in total. The van der Waals surface area contributed by atoms with Gasteiger partial charge in [-0.05, 0) is 42.5 Å². The fourth-order valence-corrected chi connectivity index (χ4v) is 2.12. The molecular weight excluding hydrogens is 228 g/mol. The minimum Gasteiger partial charge on any atom is -0.508 e. The summed E-state index contributed by atoms with van der Waals surface area (Å²) in [6, 6.07) is 3.82. The molecule has 0 saturated carbocycles. The third kappa shape index (κ3) is 2.25. The monoisotopic (exact) mass is 242 g/mol. The van der Waals surface area contributed by atoms with Crippen molar-refractivity contribution in [2.45, 2.75) is 33.1 Å². The Morgan fingerprint density at radius 3 is 2.62 bits per heavy atom. The SMILES string of the molecule is CCC(C)c1cc(O)c(C)cc1Br. The molecule has 13 heavy (non-hydrogen) atoms.